The molecule has 2 heterocycles. The van der Waals surface area contributed by atoms with E-state index in [1.54, 1.807) is 38.7 Å². The molecule has 0 aliphatic carbocycles. The Morgan fingerprint density at radius 3 is 2.34 bits per heavy atom. The highest BCUT2D eigenvalue weighted by molar-refractivity contribution is 5.94. The zero-order valence-corrected chi connectivity index (χ0v) is 17.0. The molecule has 7 nitrogen and oxygen atoms in total. The zero-order valence-electron chi connectivity index (χ0n) is 17.0. The number of pyridine rings is 1. The smallest absolute Gasteiger partial charge is 0.254 e. The largest absolute Gasteiger partial charge is 0.493 e. The van der Waals surface area contributed by atoms with Crippen LogP contribution in [0.25, 0.3) is 0 Å². The number of ether oxygens (including phenoxy) is 2. The van der Waals surface area contributed by atoms with Crippen molar-refractivity contribution in [1.82, 2.24) is 14.8 Å². The summed E-state index contributed by atoms with van der Waals surface area (Å²) in [5.74, 6) is 1.44. The summed E-state index contributed by atoms with van der Waals surface area (Å²) in [5, 5.41) is 0. The van der Waals surface area contributed by atoms with Gasteiger partial charge in [0.2, 0.25) is 5.91 Å². The Morgan fingerprint density at radius 2 is 1.62 bits per heavy atom. The van der Waals surface area contributed by atoms with Crippen LogP contribution in [0.2, 0.25) is 0 Å². The van der Waals surface area contributed by atoms with Crippen LogP contribution in [0.5, 0.6) is 11.5 Å². The number of methoxy groups -OCH3 is 2. The van der Waals surface area contributed by atoms with Crippen molar-refractivity contribution < 1.29 is 19.1 Å². The molecular weight excluding hydrogens is 370 g/mol. The lowest BCUT2D eigenvalue weighted by Crippen LogP contribution is -2.37. The monoisotopic (exact) mass is 397 g/mol. The minimum atomic E-state index is -0.00738. The van der Waals surface area contributed by atoms with Crippen molar-refractivity contribution >= 4 is 11.8 Å². The topological polar surface area (TPSA) is 72.0 Å². The molecule has 7 heteroatoms. The first-order valence-corrected chi connectivity index (χ1v) is 9.80. The summed E-state index contributed by atoms with van der Waals surface area (Å²) in [5.41, 5.74) is 1.66. The van der Waals surface area contributed by atoms with Gasteiger partial charge in [0.15, 0.2) is 11.5 Å². The Labute approximate surface area is 171 Å². The molecule has 1 aliphatic rings. The van der Waals surface area contributed by atoms with E-state index in [0.29, 0.717) is 56.1 Å². The fraction of sp³-hybridized carbons (Fsp3) is 0.409. The maximum Gasteiger partial charge on any atom is 0.254 e. The van der Waals surface area contributed by atoms with Gasteiger partial charge in [-0.3, -0.25) is 14.6 Å². The highest BCUT2D eigenvalue weighted by Crippen LogP contribution is 2.28. The lowest BCUT2D eigenvalue weighted by atomic mass is 10.1. The highest BCUT2D eigenvalue weighted by atomic mass is 16.5. The van der Waals surface area contributed by atoms with Gasteiger partial charge in [-0.15, -0.1) is 0 Å². The van der Waals surface area contributed by atoms with E-state index in [1.807, 2.05) is 28.0 Å². The molecule has 0 atom stereocenters. The zero-order chi connectivity index (χ0) is 20.6. The molecule has 2 aromatic rings. The van der Waals surface area contributed by atoms with E-state index in [4.69, 9.17) is 9.47 Å². The van der Waals surface area contributed by atoms with Crippen LogP contribution in [0.15, 0.2) is 42.7 Å². The first-order chi connectivity index (χ1) is 14.1. The number of nitrogens with zero attached hydrogens (tertiary/aromatic N) is 3. The highest BCUT2D eigenvalue weighted by Gasteiger charge is 2.22. The summed E-state index contributed by atoms with van der Waals surface area (Å²) in [6.45, 7) is 2.43. The molecule has 0 saturated carbocycles. The lowest BCUT2D eigenvalue weighted by molar-refractivity contribution is -0.131. The average molecular weight is 397 g/mol. The lowest BCUT2D eigenvalue weighted by Gasteiger charge is -2.22. The maximum absolute atomic E-state index is 12.7. The summed E-state index contributed by atoms with van der Waals surface area (Å²) in [6, 6.07) is 9.15. The number of carbonyl (C=O) groups excluding carboxylic acids is 2. The molecule has 0 radical (unpaired) electrons. The van der Waals surface area contributed by atoms with Gasteiger partial charge in [-0.1, -0.05) is 6.07 Å². The van der Waals surface area contributed by atoms with Crippen molar-refractivity contribution in [1.29, 1.82) is 0 Å². The number of rotatable bonds is 6. The normalized spacial score (nSPS) is 14.3. The van der Waals surface area contributed by atoms with E-state index < -0.39 is 0 Å². The van der Waals surface area contributed by atoms with Crippen LogP contribution in [-0.4, -0.2) is 67.0 Å². The van der Waals surface area contributed by atoms with Crippen LogP contribution in [0, 0.1) is 0 Å². The van der Waals surface area contributed by atoms with Crippen LogP contribution in [0.4, 0.5) is 0 Å². The average Bonchev–Trinajstić information content (AvgIpc) is 3.03. The van der Waals surface area contributed by atoms with Crippen molar-refractivity contribution in [3.8, 4) is 11.5 Å². The Hall–Kier alpha value is -3.09. The molecule has 0 spiro atoms. The number of aromatic nitrogens is 1. The molecule has 29 heavy (non-hydrogen) atoms. The van der Waals surface area contributed by atoms with Gasteiger partial charge in [0.25, 0.3) is 5.91 Å². The molecule has 1 saturated heterocycles. The summed E-state index contributed by atoms with van der Waals surface area (Å²) in [7, 11) is 3.20. The van der Waals surface area contributed by atoms with Crippen molar-refractivity contribution in [3.05, 3.63) is 53.9 Å². The molecule has 3 rings (SSSR count). The van der Waals surface area contributed by atoms with Crippen LogP contribution >= 0.6 is 0 Å². The second kappa shape index (κ2) is 9.91. The van der Waals surface area contributed by atoms with Gasteiger partial charge in [-0.2, -0.15) is 0 Å². The second-order valence-electron chi connectivity index (χ2n) is 6.95. The van der Waals surface area contributed by atoms with Gasteiger partial charge >= 0.3 is 0 Å². The van der Waals surface area contributed by atoms with E-state index in [1.165, 1.54) is 0 Å². The van der Waals surface area contributed by atoms with Gasteiger partial charge in [0.05, 0.1) is 14.2 Å². The van der Waals surface area contributed by atoms with Gasteiger partial charge in [0, 0.05) is 50.6 Å². The molecule has 0 unspecified atom stereocenters. The Kier molecular flexibility index (Phi) is 7.05. The number of aryl methyl sites for hydroxylation is 1. The van der Waals surface area contributed by atoms with Crippen LogP contribution in [0.3, 0.4) is 0 Å². The minimum Gasteiger partial charge on any atom is -0.493 e. The molecule has 0 bridgehead atoms. The summed E-state index contributed by atoms with van der Waals surface area (Å²) in [6.07, 6.45) is 5.08. The summed E-state index contributed by atoms with van der Waals surface area (Å²) < 4.78 is 10.6. The van der Waals surface area contributed by atoms with Crippen molar-refractivity contribution in [2.45, 2.75) is 19.3 Å². The number of hydrogen-bond donors (Lipinski definition) is 0. The van der Waals surface area contributed by atoms with E-state index in [-0.39, 0.29) is 11.8 Å². The van der Waals surface area contributed by atoms with E-state index in [0.717, 1.165) is 12.0 Å². The molecule has 154 valence electrons. The molecule has 1 fully saturated rings. The number of hydrogen-bond acceptors (Lipinski definition) is 5. The fourth-order valence-electron chi connectivity index (χ4n) is 3.49. The molecule has 2 amide bonds. The van der Waals surface area contributed by atoms with Gasteiger partial charge < -0.3 is 19.3 Å². The molecular formula is C22H27N3O4. The van der Waals surface area contributed by atoms with E-state index in [9.17, 15) is 9.59 Å². The minimum absolute atomic E-state index is 0.00738. The van der Waals surface area contributed by atoms with Crippen molar-refractivity contribution in [2.75, 3.05) is 40.4 Å². The molecule has 1 aromatic carbocycles. The SMILES string of the molecule is COc1ccc(CCC(=O)N2CCCN(C(=O)c3ccncc3)CC2)cc1OC. The Morgan fingerprint density at radius 1 is 0.931 bits per heavy atom. The van der Waals surface area contributed by atoms with Crippen LogP contribution in [-0.2, 0) is 11.2 Å². The standard InChI is InChI=1S/C22H27N3O4/c1-28-19-6-4-17(16-20(19)29-2)5-7-21(26)24-12-3-13-25(15-14-24)22(27)18-8-10-23-11-9-18/h4,6,8-11,16H,3,5,7,12-15H2,1-2H3. The molecule has 1 aliphatic heterocycles. The van der Waals surface area contributed by atoms with E-state index >= 15 is 0 Å². The number of benzene rings is 1. The van der Waals surface area contributed by atoms with Crippen molar-refractivity contribution in [3.63, 3.8) is 0 Å². The predicted molar refractivity (Wildman–Crippen MR) is 109 cm³/mol. The third-order valence-corrected chi connectivity index (χ3v) is 5.14. The third-order valence-electron chi connectivity index (χ3n) is 5.14. The Balaban J connectivity index is 1.54. The van der Waals surface area contributed by atoms with Gasteiger partial charge in [-0.05, 0) is 42.7 Å². The molecule has 0 N–H and O–H groups in total. The first-order valence-electron chi connectivity index (χ1n) is 9.80. The Bertz CT molecular complexity index is 841. The number of amides is 2. The number of carbonyl (C=O) groups is 2. The van der Waals surface area contributed by atoms with Crippen LogP contribution < -0.4 is 9.47 Å². The fourth-order valence-corrected chi connectivity index (χ4v) is 3.49. The third kappa shape index (κ3) is 5.25. The van der Waals surface area contributed by atoms with Gasteiger partial charge in [0.1, 0.15) is 0 Å². The molecule has 1 aromatic heterocycles. The van der Waals surface area contributed by atoms with Crippen LogP contribution in [0.1, 0.15) is 28.8 Å². The quantitative estimate of drug-likeness (QED) is 0.749. The second-order valence-corrected chi connectivity index (χ2v) is 6.95. The maximum atomic E-state index is 12.7. The summed E-state index contributed by atoms with van der Waals surface area (Å²) in [4.78, 5) is 33.0. The van der Waals surface area contributed by atoms with Crippen molar-refractivity contribution in [2.24, 2.45) is 0 Å². The van der Waals surface area contributed by atoms with E-state index in [2.05, 4.69) is 4.98 Å². The predicted octanol–water partition coefficient (Wildman–Crippen LogP) is 2.41. The van der Waals surface area contributed by atoms with Gasteiger partial charge in [-0.25, -0.2) is 0 Å². The summed E-state index contributed by atoms with van der Waals surface area (Å²) >= 11 is 0. The first kappa shape index (κ1) is 20.6.